The summed E-state index contributed by atoms with van der Waals surface area (Å²) < 4.78 is 10.7. The van der Waals surface area contributed by atoms with E-state index in [0.29, 0.717) is 12.8 Å². The van der Waals surface area contributed by atoms with Crippen molar-refractivity contribution < 1.29 is 24.2 Å². The van der Waals surface area contributed by atoms with Crippen molar-refractivity contribution in [3.63, 3.8) is 0 Å². The van der Waals surface area contributed by atoms with E-state index in [9.17, 15) is 14.7 Å². The third-order valence-electron chi connectivity index (χ3n) is 11.8. The van der Waals surface area contributed by atoms with Gasteiger partial charge in [-0.05, 0) is 122 Å². The third-order valence-corrected chi connectivity index (χ3v) is 11.8. The zero-order valence-corrected chi connectivity index (χ0v) is 46.1. The molecule has 0 amide bonds. The first kappa shape index (κ1) is 67.5. The van der Waals surface area contributed by atoms with Crippen molar-refractivity contribution in [1.82, 2.24) is 0 Å². The average Bonchev–Trinajstić information content (AvgIpc) is 3.38. The first-order chi connectivity index (χ1) is 35.6. The molecule has 0 aliphatic carbocycles. The van der Waals surface area contributed by atoms with Crippen molar-refractivity contribution in [3.05, 3.63) is 158 Å². The van der Waals surface area contributed by atoms with Crippen LogP contribution in [-0.4, -0.2) is 36.4 Å². The fourth-order valence-corrected chi connectivity index (χ4v) is 7.54. The lowest BCUT2D eigenvalue weighted by Crippen LogP contribution is -2.28. The van der Waals surface area contributed by atoms with Crippen LogP contribution in [0.2, 0.25) is 0 Å². The van der Waals surface area contributed by atoms with Gasteiger partial charge in [-0.2, -0.15) is 0 Å². The quantitative estimate of drug-likeness (QED) is 0.0373. The Bertz CT molecular complexity index is 1590. The van der Waals surface area contributed by atoms with Gasteiger partial charge < -0.3 is 14.6 Å². The highest BCUT2D eigenvalue weighted by Gasteiger charge is 2.16. The maximum absolute atomic E-state index is 12.3. The number of esters is 2. The van der Waals surface area contributed by atoms with Gasteiger partial charge in [-0.15, -0.1) is 0 Å². The molecule has 0 aromatic rings. The van der Waals surface area contributed by atoms with E-state index in [-0.39, 0.29) is 25.2 Å². The Hall–Kier alpha value is -4.48. The van der Waals surface area contributed by atoms with E-state index in [1.165, 1.54) is 70.6 Å². The van der Waals surface area contributed by atoms with Gasteiger partial charge in [0, 0.05) is 12.8 Å². The fraction of sp³-hybridized carbons (Fsp3) is 0.582. The predicted molar refractivity (Wildman–Crippen MR) is 315 cm³/mol. The van der Waals surface area contributed by atoms with Gasteiger partial charge in [0.25, 0.3) is 0 Å². The van der Waals surface area contributed by atoms with Crippen molar-refractivity contribution in [2.45, 2.75) is 238 Å². The molecule has 1 N–H and O–H groups in total. The second-order valence-electron chi connectivity index (χ2n) is 18.6. The summed E-state index contributed by atoms with van der Waals surface area (Å²) in [5.74, 6) is -0.630. The highest BCUT2D eigenvalue weighted by molar-refractivity contribution is 5.70. The van der Waals surface area contributed by atoms with E-state index >= 15 is 0 Å². The van der Waals surface area contributed by atoms with Gasteiger partial charge in [0.15, 0.2) is 6.10 Å². The molecule has 1 atom stereocenters. The molecule has 0 heterocycles. The summed E-state index contributed by atoms with van der Waals surface area (Å²) in [6, 6.07) is 0. The van der Waals surface area contributed by atoms with Crippen LogP contribution in [0.5, 0.6) is 0 Å². The number of ether oxygens (including phenoxy) is 2. The maximum atomic E-state index is 12.3. The van der Waals surface area contributed by atoms with Gasteiger partial charge in [-0.3, -0.25) is 9.59 Å². The first-order valence-electron chi connectivity index (χ1n) is 29.0. The highest BCUT2D eigenvalue weighted by atomic mass is 16.6. The Labute approximate surface area is 443 Å². The lowest BCUT2D eigenvalue weighted by Gasteiger charge is -2.15. The molecule has 1 unspecified atom stereocenters. The van der Waals surface area contributed by atoms with E-state index in [0.717, 1.165) is 135 Å². The van der Waals surface area contributed by atoms with Crippen LogP contribution in [0.15, 0.2) is 158 Å². The molecule has 0 saturated heterocycles. The second kappa shape index (κ2) is 60.8. The number of unbranched alkanes of at least 4 members (excludes halogenated alkanes) is 17. The summed E-state index contributed by atoms with van der Waals surface area (Å²) in [6.07, 6.45) is 93.5. The number of allylic oxidation sites excluding steroid dienone is 26. The van der Waals surface area contributed by atoms with Crippen molar-refractivity contribution >= 4 is 11.9 Å². The Balaban J connectivity index is 3.59. The Morgan fingerprint density at radius 3 is 0.833 bits per heavy atom. The lowest BCUT2D eigenvalue weighted by atomic mass is 10.0. The molecule has 5 nitrogen and oxygen atoms in total. The summed E-state index contributed by atoms with van der Waals surface area (Å²) in [4.78, 5) is 24.5. The molecule has 0 aliphatic rings. The van der Waals surface area contributed by atoms with Crippen LogP contribution in [0.1, 0.15) is 232 Å². The number of rotatable bonds is 51. The summed E-state index contributed by atoms with van der Waals surface area (Å²) in [5, 5.41) is 9.66. The Morgan fingerprint density at radius 2 is 0.556 bits per heavy atom. The number of hydrogen-bond donors (Lipinski definition) is 1. The average molecular weight is 992 g/mol. The number of carbonyl (C=O) groups is 2. The van der Waals surface area contributed by atoms with Crippen molar-refractivity contribution in [2.24, 2.45) is 0 Å². The van der Waals surface area contributed by atoms with Gasteiger partial charge in [0.2, 0.25) is 0 Å². The largest absolute Gasteiger partial charge is 0.462 e. The molecule has 0 aromatic heterocycles. The number of carbonyl (C=O) groups excluding carboxylic acids is 2. The Morgan fingerprint density at radius 1 is 0.319 bits per heavy atom. The van der Waals surface area contributed by atoms with E-state index in [2.05, 4.69) is 172 Å². The summed E-state index contributed by atoms with van der Waals surface area (Å²) in [7, 11) is 0. The van der Waals surface area contributed by atoms with Crippen LogP contribution in [0.25, 0.3) is 0 Å². The Kier molecular flexibility index (Phi) is 57.0. The molecule has 0 aliphatic heterocycles. The molecule has 0 rings (SSSR count). The van der Waals surface area contributed by atoms with Crippen molar-refractivity contribution in [3.8, 4) is 0 Å². The van der Waals surface area contributed by atoms with Crippen molar-refractivity contribution in [2.75, 3.05) is 13.2 Å². The van der Waals surface area contributed by atoms with Crippen LogP contribution < -0.4 is 0 Å². The second-order valence-corrected chi connectivity index (χ2v) is 18.6. The summed E-state index contributed by atoms with van der Waals surface area (Å²) >= 11 is 0. The van der Waals surface area contributed by atoms with Crippen LogP contribution in [-0.2, 0) is 19.1 Å². The van der Waals surface area contributed by atoms with E-state index < -0.39 is 6.10 Å². The number of hydrogen-bond acceptors (Lipinski definition) is 5. The normalized spacial score (nSPS) is 13.4. The number of aliphatic hydroxyl groups excluding tert-OH is 1. The molecule has 0 spiro atoms. The van der Waals surface area contributed by atoms with E-state index in [1.807, 2.05) is 0 Å². The van der Waals surface area contributed by atoms with Crippen LogP contribution in [0.3, 0.4) is 0 Å². The molecule has 0 aromatic carbocycles. The van der Waals surface area contributed by atoms with Gasteiger partial charge in [0.05, 0.1) is 6.61 Å². The molecule has 0 saturated carbocycles. The van der Waals surface area contributed by atoms with Crippen LogP contribution in [0, 0.1) is 0 Å². The lowest BCUT2D eigenvalue weighted by molar-refractivity contribution is -0.161. The smallest absolute Gasteiger partial charge is 0.306 e. The molecular formula is C67H106O5. The highest BCUT2D eigenvalue weighted by Crippen LogP contribution is 2.15. The molecule has 72 heavy (non-hydrogen) atoms. The summed E-state index contributed by atoms with van der Waals surface area (Å²) in [5.41, 5.74) is 0. The minimum Gasteiger partial charge on any atom is -0.462 e. The topological polar surface area (TPSA) is 72.8 Å². The standard InChI is InChI=1S/C67H106O5/c1-3-5-7-9-11-13-15-17-19-21-23-25-27-28-29-30-31-32-33-34-35-36-37-38-40-42-44-46-48-50-52-54-56-58-60-62-67(70)72-65(63-68)64-71-66(69)61-59-57-55-53-51-49-47-45-43-41-39-26-24-22-20-18-16-14-12-10-8-6-4-2/h5-8,11-14,17-20,23-26,28-29,31-32,34-35,41,43,47,49,65,68H,3-4,9-10,15-16,21-22,27,30,33,36-40,42,44-46,48,50-64H2,1-2H3/b7-5-,8-6-,13-11-,14-12-,19-17-,20-18-,25-23-,26-24-,29-28-,32-31-,35-34-,43-41-,49-47-. The summed E-state index contributed by atoms with van der Waals surface area (Å²) in [6.45, 7) is 3.88. The van der Waals surface area contributed by atoms with E-state index in [4.69, 9.17) is 9.47 Å². The molecule has 404 valence electrons. The van der Waals surface area contributed by atoms with Gasteiger partial charge in [-0.1, -0.05) is 255 Å². The number of aliphatic hydroxyl groups is 1. The van der Waals surface area contributed by atoms with Crippen LogP contribution >= 0.6 is 0 Å². The zero-order valence-electron chi connectivity index (χ0n) is 46.1. The SMILES string of the molecule is CC/C=C\C/C=C\C/C=C\C/C=C\C/C=C\C/C=C\C/C=C\CCCCCCCCCCCCCCCC(=O)OC(CO)COC(=O)CCCCCC/C=C\C/C=C\C/C=C\C/C=C\C/C=C\C/C=C\CC. The minimum atomic E-state index is -0.796. The van der Waals surface area contributed by atoms with Gasteiger partial charge in [0.1, 0.15) is 6.61 Å². The fourth-order valence-electron chi connectivity index (χ4n) is 7.54. The van der Waals surface area contributed by atoms with Crippen LogP contribution in [0.4, 0.5) is 0 Å². The molecule has 0 fully saturated rings. The molecule has 0 bridgehead atoms. The van der Waals surface area contributed by atoms with E-state index in [1.54, 1.807) is 0 Å². The third kappa shape index (κ3) is 58.1. The first-order valence-corrected chi connectivity index (χ1v) is 29.0. The van der Waals surface area contributed by atoms with Crippen molar-refractivity contribution in [1.29, 1.82) is 0 Å². The molecule has 0 radical (unpaired) electrons. The minimum absolute atomic E-state index is 0.0891. The monoisotopic (exact) mass is 991 g/mol. The molecular weight excluding hydrogens is 885 g/mol. The zero-order chi connectivity index (χ0) is 52.0. The van der Waals surface area contributed by atoms with Gasteiger partial charge in [-0.25, -0.2) is 0 Å². The predicted octanol–water partition coefficient (Wildman–Crippen LogP) is 20.0. The van der Waals surface area contributed by atoms with Gasteiger partial charge >= 0.3 is 11.9 Å². The molecule has 5 heteroatoms. The maximum Gasteiger partial charge on any atom is 0.306 e.